The van der Waals surface area contributed by atoms with E-state index in [1.165, 1.54) is 0 Å². The van der Waals surface area contributed by atoms with Crippen LogP contribution in [0.3, 0.4) is 0 Å². The second kappa shape index (κ2) is 7.64. The van der Waals surface area contributed by atoms with Crippen LogP contribution in [0.1, 0.15) is 29.2 Å². The van der Waals surface area contributed by atoms with Gasteiger partial charge in [0.05, 0.1) is 11.5 Å². The van der Waals surface area contributed by atoms with Crippen molar-refractivity contribution in [3.63, 3.8) is 0 Å². The van der Waals surface area contributed by atoms with Crippen LogP contribution in [0.5, 0.6) is 5.75 Å². The number of nitriles is 1. The maximum atomic E-state index is 13.3. The summed E-state index contributed by atoms with van der Waals surface area (Å²) in [5.74, 6) is -0.106. The molecule has 0 saturated carbocycles. The number of allylic oxidation sites excluding steroid dienone is 1. The van der Waals surface area contributed by atoms with Gasteiger partial charge in [-0.05, 0) is 51.7 Å². The predicted molar refractivity (Wildman–Crippen MR) is 102 cm³/mol. The van der Waals surface area contributed by atoms with Gasteiger partial charge in [0.1, 0.15) is 17.4 Å². The van der Waals surface area contributed by atoms with Gasteiger partial charge in [0, 0.05) is 30.7 Å². The highest BCUT2D eigenvalue weighted by Gasteiger charge is 2.34. The molecule has 0 fully saturated rings. The van der Waals surface area contributed by atoms with Gasteiger partial charge in [-0.3, -0.25) is 9.78 Å². The minimum Gasteiger partial charge on any atom is -0.440 e. The minimum absolute atomic E-state index is 0.0379. The van der Waals surface area contributed by atoms with Gasteiger partial charge in [0.2, 0.25) is 5.88 Å². The molecule has 1 aliphatic heterocycles. The summed E-state index contributed by atoms with van der Waals surface area (Å²) < 4.78 is 7.39. The smallest absolute Gasteiger partial charge is 0.258 e. The molecule has 0 aromatic carbocycles. The fourth-order valence-corrected chi connectivity index (χ4v) is 3.40. The molecule has 27 heavy (non-hydrogen) atoms. The number of aromatic nitrogens is 2. The number of ether oxygens (including phenoxy) is 1. The van der Waals surface area contributed by atoms with E-state index >= 15 is 0 Å². The molecule has 3 heterocycles. The van der Waals surface area contributed by atoms with Crippen LogP contribution in [0.25, 0.3) is 0 Å². The molecule has 3 rings (SSSR count). The van der Waals surface area contributed by atoms with E-state index in [9.17, 15) is 10.1 Å². The van der Waals surface area contributed by atoms with Crippen molar-refractivity contribution in [1.29, 1.82) is 5.26 Å². The first-order valence-electron chi connectivity index (χ1n) is 8.80. The summed E-state index contributed by atoms with van der Waals surface area (Å²) in [4.78, 5) is 19.5. The third kappa shape index (κ3) is 3.57. The van der Waals surface area contributed by atoms with Crippen LogP contribution < -0.4 is 16.0 Å². The number of aryl methyl sites for hydroxylation is 1. The third-order valence-corrected chi connectivity index (χ3v) is 4.72. The predicted octanol–water partition coefficient (Wildman–Crippen LogP) is 1.72. The number of hydrogen-bond acceptors (Lipinski definition) is 6. The number of rotatable bonds is 5. The number of hydrogen-bond donors (Lipinski definition) is 1. The molecule has 7 heteroatoms. The first kappa shape index (κ1) is 18.7. The van der Waals surface area contributed by atoms with Gasteiger partial charge in [-0.1, -0.05) is 0 Å². The molecule has 2 N–H and O–H groups in total. The summed E-state index contributed by atoms with van der Waals surface area (Å²) in [6.07, 6.45) is 4.12. The van der Waals surface area contributed by atoms with E-state index in [-0.39, 0.29) is 17.0 Å². The van der Waals surface area contributed by atoms with Crippen molar-refractivity contribution in [1.82, 2.24) is 14.5 Å². The second-order valence-electron chi connectivity index (χ2n) is 6.88. The van der Waals surface area contributed by atoms with E-state index in [2.05, 4.69) is 16.0 Å². The van der Waals surface area contributed by atoms with Crippen molar-refractivity contribution in [2.45, 2.75) is 25.8 Å². The fraction of sp³-hybridized carbons (Fsp3) is 0.350. The van der Waals surface area contributed by atoms with Crippen molar-refractivity contribution in [2.24, 2.45) is 5.73 Å². The average molecular weight is 365 g/mol. The van der Waals surface area contributed by atoms with Gasteiger partial charge in [-0.25, -0.2) is 0 Å². The Morgan fingerprint density at radius 2 is 2.07 bits per heavy atom. The molecular weight excluding hydrogens is 342 g/mol. The Morgan fingerprint density at radius 3 is 2.70 bits per heavy atom. The summed E-state index contributed by atoms with van der Waals surface area (Å²) in [6.45, 7) is 3.35. The molecule has 0 aliphatic carbocycles. The molecular formula is C20H23N5O2. The van der Waals surface area contributed by atoms with Gasteiger partial charge in [0.25, 0.3) is 5.56 Å². The van der Waals surface area contributed by atoms with Crippen LogP contribution in [0.15, 0.2) is 46.8 Å². The highest BCUT2D eigenvalue weighted by Crippen LogP contribution is 2.40. The van der Waals surface area contributed by atoms with Gasteiger partial charge in [-0.2, -0.15) is 5.26 Å². The molecule has 1 aliphatic rings. The summed E-state index contributed by atoms with van der Waals surface area (Å²) in [7, 11) is 4.01. The van der Waals surface area contributed by atoms with Crippen molar-refractivity contribution in [3.05, 3.63) is 69.2 Å². The normalized spacial score (nSPS) is 16.0. The lowest BCUT2D eigenvalue weighted by Gasteiger charge is -2.27. The van der Waals surface area contributed by atoms with Crippen LogP contribution in [0, 0.1) is 18.3 Å². The van der Waals surface area contributed by atoms with Crippen molar-refractivity contribution >= 4 is 0 Å². The quantitative estimate of drug-likeness (QED) is 0.866. The zero-order chi connectivity index (χ0) is 19.6. The van der Waals surface area contributed by atoms with E-state index < -0.39 is 5.92 Å². The Morgan fingerprint density at radius 1 is 1.37 bits per heavy atom. The standard InChI is InChI=1S/C20H23N5O2/c1-13-11-16-18(20(26)25(13)10-4-9-24(2)3)17(14-5-7-23-8-6-14)15(12-21)19(22)27-16/h5-8,11,17H,4,9-10,22H2,1-3H3/t17-/m0/s1. The highest BCUT2D eigenvalue weighted by atomic mass is 16.5. The number of nitrogens with two attached hydrogens (primary N) is 1. The maximum absolute atomic E-state index is 13.3. The zero-order valence-corrected chi connectivity index (χ0v) is 15.8. The summed E-state index contributed by atoms with van der Waals surface area (Å²) in [5, 5.41) is 9.64. The molecule has 0 bridgehead atoms. The molecule has 0 unspecified atom stereocenters. The molecule has 7 nitrogen and oxygen atoms in total. The molecule has 0 saturated heterocycles. The number of pyridine rings is 2. The Labute approximate surface area is 158 Å². The van der Waals surface area contributed by atoms with Crippen LogP contribution in [0.2, 0.25) is 0 Å². The molecule has 0 radical (unpaired) electrons. The van der Waals surface area contributed by atoms with Crippen LogP contribution >= 0.6 is 0 Å². The SMILES string of the molecule is Cc1cc2c(c(=O)n1CCCN(C)C)[C@@H](c1ccncc1)C(C#N)=C(N)O2. The van der Waals surface area contributed by atoms with E-state index in [1.807, 2.05) is 27.1 Å². The maximum Gasteiger partial charge on any atom is 0.258 e. The topological polar surface area (TPSA) is 97.2 Å². The van der Waals surface area contributed by atoms with Crippen LogP contribution in [0.4, 0.5) is 0 Å². The Kier molecular flexibility index (Phi) is 5.28. The number of nitrogens with zero attached hydrogens (tertiary/aromatic N) is 4. The first-order chi connectivity index (χ1) is 12.9. The average Bonchev–Trinajstić information content (AvgIpc) is 2.63. The lowest BCUT2D eigenvalue weighted by Crippen LogP contribution is -2.33. The third-order valence-electron chi connectivity index (χ3n) is 4.72. The molecule has 2 aromatic rings. The molecule has 0 amide bonds. The van der Waals surface area contributed by atoms with E-state index in [0.29, 0.717) is 17.9 Å². The summed E-state index contributed by atoms with van der Waals surface area (Å²) >= 11 is 0. The second-order valence-corrected chi connectivity index (χ2v) is 6.88. The minimum atomic E-state index is -0.560. The zero-order valence-electron chi connectivity index (χ0n) is 15.8. The van der Waals surface area contributed by atoms with Crippen LogP contribution in [-0.4, -0.2) is 35.1 Å². The monoisotopic (exact) mass is 365 g/mol. The van der Waals surface area contributed by atoms with Crippen molar-refractivity contribution < 1.29 is 4.74 Å². The molecule has 140 valence electrons. The molecule has 2 aromatic heterocycles. The summed E-state index contributed by atoms with van der Waals surface area (Å²) in [6, 6.07) is 7.52. The van der Waals surface area contributed by atoms with Crippen molar-refractivity contribution in [2.75, 3.05) is 20.6 Å². The first-order valence-corrected chi connectivity index (χ1v) is 8.80. The van der Waals surface area contributed by atoms with Crippen LogP contribution in [-0.2, 0) is 6.54 Å². The van der Waals surface area contributed by atoms with E-state index in [0.717, 1.165) is 24.2 Å². The van der Waals surface area contributed by atoms with Gasteiger partial charge >= 0.3 is 0 Å². The largest absolute Gasteiger partial charge is 0.440 e. The lowest BCUT2D eigenvalue weighted by molar-refractivity contribution is 0.375. The molecule has 0 spiro atoms. The number of fused-ring (bicyclic) bond motifs is 1. The Balaban J connectivity index is 2.15. The lowest BCUT2D eigenvalue weighted by atomic mass is 9.84. The fourth-order valence-electron chi connectivity index (χ4n) is 3.40. The Bertz CT molecular complexity index is 970. The van der Waals surface area contributed by atoms with Gasteiger partial charge in [-0.15, -0.1) is 0 Å². The van der Waals surface area contributed by atoms with Crippen molar-refractivity contribution in [3.8, 4) is 11.8 Å². The summed E-state index contributed by atoms with van der Waals surface area (Å²) in [5.41, 5.74) is 8.12. The molecule has 1 atom stereocenters. The van der Waals surface area contributed by atoms with Gasteiger partial charge in [0.15, 0.2) is 0 Å². The van der Waals surface area contributed by atoms with E-state index in [1.54, 1.807) is 29.1 Å². The highest BCUT2D eigenvalue weighted by molar-refractivity contribution is 5.54. The van der Waals surface area contributed by atoms with E-state index in [4.69, 9.17) is 10.5 Å². The Hall–Kier alpha value is -3.11. The van der Waals surface area contributed by atoms with Gasteiger partial charge < -0.3 is 19.9 Å².